The van der Waals surface area contributed by atoms with Crippen LogP contribution in [-0.2, 0) is 7.05 Å². The number of likely N-dealkylation sites (tertiary alicyclic amines) is 1. The second-order valence-corrected chi connectivity index (χ2v) is 6.32. The summed E-state index contributed by atoms with van der Waals surface area (Å²) in [7, 11) is 1.93. The molecule has 0 N–H and O–H groups in total. The Balaban J connectivity index is 1.65. The van der Waals surface area contributed by atoms with Crippen LogP contribution in [0.5, 0.6) is 0 Å². The van der Waals surface area contributed by atoms with Crippen molar-refractivity contribution in [3.05, 3.63) is 40.0 Å². The predicted molar refractivity (Wildman–Crippen MR) is 82.2 cm³/mol. The van der Waals surface area contributed by atoms with E-state index in [1.165, 1.54) is 5.56 Å². The predicted octanol–water partition coefficient (Wildman–Crippen LogP) is 3.10. The van der Waals surface area contributed by atoms with Crippen LogP contribution in [0.4, 0.5) is 0 Å². The summed E-state index contributed by atoms with van der Waals surface area (Å²) in [5.74, 6) is 1.23. The molecule has 0 aliphatic carbocycles. The number of piperidine rings is 1. The average molecular weight is 352 g/mol. The first-order valence-electron chi connectivity index (χ1n) is 7.08. The molecule has 3 rings (SSSR count). The highest BCUT2D eigenvalue weighted by Gasteiger charge is 2.27. The van der Waals surface area contributed by atoms with E-state index >= 15 is 0 Å². The van der Waals surface area contributed by atoms with Crippen molar-refractivity contribution in [3.63, 3.8) is 0 Å². The first-order valence-corrected chi connectivity index (χ1v) is 7.87. The van der Waals surface area contributed by atoms with Gasteiger partial charge in [-0.05, 0) is 47.2 Å². The zero-order valence-electron chi connectivity index (χ0n) is 12.2. The maximum absolute atomic E-state index is 12.5. The van der Waals surface area contributed by atoms with Gasteiger partial charge in [-0.3, -0.25) is 9.48 Å². The molecular formula is C15H18BrN3O2. The monoisotopic (exact) mass is 351 g/mol. The molecule has 1 fully saturated rings. The number of hydrogen-bond donors (Lipinski definition) is 0. The van der Waals surface area contributed by atoms with Crippen LogP contribution in [0.3, 0.4) is 0 Å². The summed E-state index contributed by atoms with van der Waals surface area (Å²) in [5, 5.41) is 4.23. The maximum Gasteiger partial charge on any atom is 0.257 e. The lowest BCUT2D eigenvalue weighted by molar-refractivity contribution is 0.0711. The highest BCUT2D eigenvalue weighted by molar-refractivity contribution is 9.10. The minimum atomic E-state index is 0.0617. The second kappa shape index (κ2) is 5.67. The highest BCUT2D eigenvalue weighted by Crippen LogP contribution is 2.29. The lowest BCUT2D eigenvalue weighted by atomic mass is 9.91. The number of aryl methyl sites for hydroxylation is 2. The SMILES string of the molecule is Cc1oc(Br)cc1C(=O)N1CCC(c2cnn(C)c2)CC1. The topological polar surface area (TPSA) is 51.3 Å². The zero-order valence-corrected chi connectivity index (χ0v) is 13.8. The zero-order chi connectivity index (χ0) is 15.0. The number of amides is 1. The van der Waals surface area contributed by atoms with Gasteiger partial charge in [0.05, 0.1) is 11.8 Å². The number of aromatic nitrogens is 2. The first kappa shape index (κ1) is 14.4. The van der Waals surface area contributed by atoms with E-state index in [-0.39, 0.29) is 5.91 Å². The lowest BCUT2D eigenvalue weighted by Gasteiger charge is -2.31. The van der Waals surface area contributed by atoms with Crippen molar-refractivity contribution in [1.82, 2.24) is 14.7 Å². The third-order valence-electron chi connectivity index (χ3n) is 4.10. The van der Waals surface area contributed by atoms with Crippen LogP contribution in [0.2, 0.25) is 0 Å². The van der Waals surface area contributed by atoms with Crippen LogP contribution in [-0.4, -0.2) is 33.7 Å². The molecule has 3 heterocycles. The molecule has 6 heteroatoms. The summed E-state index contributed by atoms with van der Waals surface area (Å²) in [6, 6.07) is 1.75. The van der Waals surface area contributed by atoms with Crippen LogP contribution in [0.25, 0.3) is 0 Å². The first-order chi connectivity index (χ1) is 10.0. The second-order valence-electron chi connectivity index (χ2n) is 5.53. The van der Waals surface area contributed by atoms with Gasteiger partial charge in [0.15, 0.2) is 4.67 Å². The molecule has 0 radical (unpaired) electrons. The molecule has 21 heavy (non-hydrogen) atoms. The van der Waals surface area contributed by atoms with E-state index in [1.54, 1.807) is 6.07 Å². The van der Waals surface area contributed by atoms with Crippen LogP contribution >= 0.6 is 15.9 Å². The van der Waals surface area contributed by atoms with Gasteiger partial charge in [-0.25, -0.2) is 0 Å². The fourth-order valence-corrected chi connectivity index (χ4v) is 3.37. The van der Waals surface area contributed by atoms with Gasteiger partial charge >= 0.3 is 0 Å². The van der Waals surface area contributed by atoms with E-state index in [2.05, 4.69) is 27.2 Å². The standard InChI is InChI=1S/C15H18BrN3O2/c1-10-13(7-14(16)21-10)15(20)19-5-3-11(4-6-19)12-8-17-18(2)9-12/h7-9,11H,3-6H2,1-2H3. The molecule has 1 saturated heterocycles. The molecule has 5 nitrogen and oxygen atoms in total. The largest absolute Gasteiger partial charge is 0.454 e. The Hall–Kier alpha value is -1.56. The normalized spacial score (nSPS) is 16.4. The van der Waals surface area contributed by atoms with Crippen molar-refractivity contribution < 1.29 is 9.21 Å². The number of furan rings is 1. The van der Waals surface area contributed by atoms with Crippen LogP contribution in [0.1, 0.15) is 40.4 Å². The van der Waals surface area contributed by atoms with E-state index in [4.69, 9.17) is 4.42 Å². The van der Waals surface area contributed by atoms with E-state index in [1.807, 2.05) is 29.7 Å². The lowest BCUT2D eigenvalue weighted by Crippen LogP contribution is -2.38. The van der Waals surface area contributed by atoms with Crippen LogP contribution < -0.4 is 0 Å². The Kier molecular flexibility index (Phi) is 3.89. The molecule has 0 bridgehead atoms. The summed E-state index contributed by atoms with van der Waals surface area (Å²) < 4.78 is 7.82. The summed E-state index contributed by atoms with van der Waals surface area (Å²) in [5.41, 5.74) is 1.92. The summed E-state index contributed by atoms with van der Waals surface area (Å²) in [6.07, 6.45) is 5.96. The van der Waals surface area contributed by atoms with Crippen molar-refractivity contribution in [2.45, 2.75) is 25.7 Å². The van der Waals surface area contributed by atoms with E-state index < -0.39 is 0 Å². The minimum Gasteiger partial charge on any atom is -0.454 e. The molecule has 0 aromatic carbocycles. The van der Waals surface area contributed by atoms with E-state index in [9.17, 15) is 4.79 Å². The number of nitrogens with zero attached hydrogens (tertiary/aromatic N) is 3. The molecular weight excluding hydrogens is 334 g/mol. The minimum absolute atomic E-state index is 0.0617. The molecule has 0 saturated carbocycles. The maximum atomic E-state index is 12.5. The van der Waals surface area contributed by atoms with Crippen molar-refractivity contribution in [3.8, 4) is 0 Å². The summed E-state index contributed by atoms with van der Waals surface area (Å²) in [6.45, 7) is 3.38. The quantitative estimate of drug-likeness (QED) is 0.835. The summed E-state index contributed by atoms with van der Waals surface area (Å²) in [4.78, 5) is 14.4. The Morgan fingerprint density at radius 3 is 2.67 bits per heavy atom. The summed E-state index contributed by atoms with van der Waals surface area (Å²) >= 11 is 3.27. The Morgan fingerprint density at radius 2 is 2.14 bits per heavy atom. The third kappa shape index (κ3) is 2.90. The number of rotatable bonds is 2. The van der Waals surface area contributed by atoms with Gasteiger partial charge in [-0.2, -0.15) is 5.10 Å². The van der Waals surface area contributed by atoms with Crippen molar-refractivity contribution in [2.75, 3.05) is 13.1 Å². The molecule has 1 amide bonds. The number of carbonyl (C=O) groups is 1. The molecule has 2 aromatic heterocycles. The van der Waals surface area contributed by atoms with Gasteiger partial charge < -0.3 is 9.32 Å². The highest BCUT2D eigenvalue weighted by atomic mass is 79.9. The Bertz CT molecular complexity index is 654. The smallest absolute Gasteiger partial charge is 0.257 e. The Labute approximate surface area is 132 Å². The van der Waals surface area contributed by atoms with Gasteiger partial charge in [0.1, 0.15) is 5.76 Å². The number of carbonyl (C=O) groups excluding carboxylic acids is 1. The van der Waals surface area contributed by atoms with Gasteiger partial charge in [-0.1, -0.05) is 0 Å². The molecule has 0 spiro atoms. The van der Waals surface area contributed by atoms with Gasteiger partial charge in [0.25, 0.3) is 5.91 Å². The molecule has 1 aliphatic heterocycles. The third-order valence-corrected chi connectivity index (χ3v) is 4.49. The van der Waals surface area contributed by atoms with Crippen molar-refractivity contribution in [1.29, 1.82) is 0 Å². The Morgan fingerprint density at radius 1 is 1.43 bits per heavy atom. The van der Waals surface area contributed by atoms with Crippen LogP contribution in [0.15, 0.2) is 27.5 Å². The van der Waals surface area contributed by atoms with E-state index in [0.717, 1.165) is 25.9 Å². The molecule has 0 unspecified atom stereocenters. The van der Waals surface area contributed by atoms with Gasteiger partial charge in [0, 0.05) is 32.4 Å². The van der Waals surface area contributed by atoms with Crippen molar-refractivity contribution in [2.24, 2.45) is 7.05 Å². The molecule has 2 aromatic rings. The number of halogens is 1. The molecule has 1 aliphatic rings. The number of hydrogen-bond acceptors (Lipinski definition) is 3. The fourth-order valence-electron chi connectivity index (χ4n) is 2.90. The van der Waals surface area contributed by atoms with E-state index in [0.29, 0.717) is 21.9 Å². The molecule has 0 atom stereocenters. The van der Waals surface area contributed by atoms with Crippen molar-refractivity contribution >= 4 is 21.8 Å². The van der Waals surface area contributed by atoms with Gasteiger partial charge in [0.2, 0.25) is 0 Å². The van der Waals surface area contributed by atoms with Gasteiger partial charge in [-0.15, -0.1) is 0 Å². The average Bonchev–Trinajstić information content (AvgIpc) is 3.04. The molecule has 112 valence electrons. The fraction of sp³-hybridized carbons (Fsp3) is 0.467. The van der Waals surface area contributed by atoms with Crippen LogP contribution in [0, 0.1) is 6.92 Å².